The smallest absolute Gasteiger partial charge is 0.240 e. The molecule has 0 aliphatic carbocycles. The molecule has 3 aromatic carbocycles. The van der Waals surface area contributed by atoms with Crippen molar-refractivity contribution >= 4 is 45.6 Å². The zero-order valence-electron chi connectivity index (χ0n) is 16.3. The number of nitrogens with one attached hydrogen (secondary N) is 2. The van der Waals surface area contributed by atoms with Crippen molar-refractivity contribution in [2.75, 3.05) is 5.32 Å². The topological polar surface area (TPSA) is 70.6 Å². The van der Waals surface area contributed by atoms with Crippen LogP contribution in [0.5, 0.6) is 0 Å². The number of hydrogen-bond acceptors (Lipinski definition) is 3. The molecule has 5 nitrogen and oxygen atoms in total. The van der Waals surface area contributed by atoms with E-state index in [1.807, 2.05) is 56.3 Å². The Morgan fingerprint density at radius 1 is 0.931 bits per heavy atom. The van der Waals surface area contributed by atoms with E-state index < -0.39 is 0 Å². The number of benzene rings is 3. The van der Waals surface area contributed by atoms with Crippen LogP contribution in [0.2, 0.25) is 5.02 Å². The SMILES string of the molecule is C/C(=N\NC(=O)CCC(=O)Nc1cccc(Cl)c1C)c1ccc2ccccc2c1. The Balaban J connectivity index is 1.53. The summed E-state index contributed by atoms with van der Waals surface area (Å²) in [6.45, 7) is 3.66. The van der Waals surface area contributed by atoms with E-state index in [1.165, 1.54) is 0 Å². The maximum atomic E-state index is 12.1. The van der Waals surface area contributed by atoms with Gasteiger partial charge in [-0.2, -0.15) is 5.10 Å². The molecule has 0 saturated carbocycles. The Hall–Kier alpha value is -3.18. The Morgan fingerprint density at radius 3 is 2.45 bits per heavy atom. The molecule has 0 bridgehead atoms. The highest BCUT2D eigenvalue weighted by Gasteiger charge is 2.09. The van der Waals surface area contributed by atoms with Gasteiger partial charge in [0.05, 0.1) is 5.71 Å². The fourth-order valence-corrected chi connectivity index (χ4v) is 3.04. The lowest BCUT2D eigenvalue weighted by molar-refractivity contribution is -0.124. The normalized spacial score (nSPS) is 11.3. The number of fused-ring (bicyclic) bond motifs is 1. The predicted molar refractivity (Wildman–Crippen MR) is 118 cm³/mol. The number of anilines is 1. The van der Waals surface area contributed by atoms with E-state index in [-0.39, 0.29) is 24.7 Å². The first-order valence-corrected chi connectivity index (χ1v) is 9.69. The molecule has 29 heavy (non-hydrogen) atoms. The molecule has 148 valence electrons. The Morgan fingerprint density at radius 2 is 1.66 bits per heavy atom. The first-order valence-electron chi connectivity index (χ1n) is 9.31. The van der Waals surface area contributed by atoms with Crippen LogP contribution in [0.1, 0.15) is 30.9 Å². The summed E-state index contributed by atoms with van der Waals surface area (Å²) in [4.78, 5) is 24.1. The maximum absolute atomic E-state index is 12.1. The average Bonchev–Trinajstić information content (AvgIpc) is 2.73. The molecule has 0 heterocycles. The Kier molecular flexibility index (Phi) is 6.62. The van der Waals surface area contributed by atoms with Gasteiger partial charge in [-0.15, -0.1) is 0 Å². The molecule has 2 N–H and O–H groups in total. The molecule has 0 aliphatic heterocycles. The Labute approximate surface area is 174 Å². The van der Waals surface area contributed by atoms with Gasteiger partial charge >= 0.3 is 0 Å². The quantitative estimate of drug-likeness (QED) is 0.442. The lowest BCUT2D eigenvalue weighted by Gasteiger charge is -2.09. The first kappa shape index (κ1) is 20.6. The van der Waals surface area contributed by atoms with Gasteiger partial charge in [0.2, 0.25) is 11.8 Å². The van der Waals surface area contributed by atoms with Gasteiger partial charge in [-0.05, 0) is 53.9 Å². The van der Waals surface area contributed by atoms with Crippen molar-refractivity contribution in [2.24, 2.45) is 5.10 Å². The van der Waals surface area contributed by atoms with Crippen LogP contribution in [0.15, 0.2) is 65.8 Å². The number of amides is 2. The van der Waals surface area contributed by atoms with Crippen molar-refractivity contribution in [2.45, 2.75) is 26.7 Å². The minimum Gasteiger partial charge on any atom is -0.326 e. The molecule has 6 heteroatoms. The lowest BCUT2D eigenvalue weighted by Crippen LogP contribution is -2.22. The van der Waals surface area contributed by atoms with E-state index in [1.54, 1.807) is 18.2 Å². The van der Waals surface area contributed by atoms with Crippen LogP contribution in [0.4, 0.5) is 5.69 Å². The second-order valence-corrected chi connectivity index (χ2v) is 7.16. The Bertz CT molecular complexity index is 1090. The molecule has 0 fully saturated rings. The molecule has 0 unspecified atom stereocenters. The van der Waals surface area contributed by atoms with Gasteiger partial charge in [-0.3, -0.25) is 9.59 Å². The van der Waals surface area contributed by atoms with E-state index in [0.29, 0.717) is 16.4 Å². The van der Waals surface area contributed by atoms with Gasteiger partial charge < -0.3 is 5.32 Å². The van der Waals surface area contributed by atoms with Gasteiger partial charge in [-0.1, -0.05) is 54.1 Å². The molecular weight excluding hydrogens is 386 g/mol. The molecule has 0 spiro atoms. The van der Waals surface area contributed by atoms with Crippen molar-refractivity contribution in [3.8, 4) is 0 Å². The highest BCUT2D eigenvalue weighted by molar-refractivity contribution is 6.31. The number of hydrazone groups is 1. The third kappa shape index (κ3) is 5.42. The van der Waals surface area contributed by atoms with Gasteiger partial charge in [0.1, 0.15) is 0 Å². The fraction of sp³-hybridized carbons (Fsp3) is 0.174. The summed E-state index contributed by atoms with van der Waals surface area (Å²) in [6, 6.07) is 19.4. The monoisotopic (exact) mass is 407 g/mol. The van der Waals surface area contributed by atoms with Crippen LogP contribution in [-0.4, -0.2) is 17.5 Å². The molecule has 3 rings (SSSR count). The highest BCUT2D eigenvalue weighted by Crippen LogP contribution is 2.23. The molecular formula is C23H22ClN3O2. The van der Waals surface area contributed by atoms with Crippen LogP contribution in [-0.2, 0) is 9.59 Å². The number of carbonyl (C=O) groups excluding carboxylic acids is 2. The molecule has 0 saturated heterocycles. The van der Waals surface area contributed by atoms with Gasteiger partial charge in [0.25, 0.3) is 0 Å². The number of rotatable bonds is 6. The van der Waals surface area contributed by atoms with Crippen molar-refractivity contribution in [3.05, 3.63) is 76.8 Å². The zero-order chi connectivity index (χ0) is 20.8. The summed E-state index contributed by atoms with van der Waals surface area (Å²) >= 11 is 6.05. The fourth-order valence-electron chi connectivity index (χ4n) is 2.86. The number of nitrogens with zero attached hydrogens (tertiary/aromatic N) is 1. The van der Waals surface area contributed by atoms with E-state index >= 15 is 0 Å². The summed E-state index contributed by atoms with van der Waals surface area (Å²) < 4.78 is 0. The van der Waals surface area contributed by atoms with Gasteiger partial charge in [0, 0.05) is 23.6 Å². The molecule has 3 aromatic rings. The third-order valence-electron chi connectivity index (χ3n) is 4.64. The van der Waals surface area contributed by atoms with Crippen LogP contribution in [0, 0.1) is 6.92 Å². The minimum atomic E-state index is -0.317. The third-order valence-corrected chi connectivity index (χ3v) is 5.05. The van der Waals surface area contributed by atoms with E-state index in [4.69, 9.17) is 11.6 Å². The highest BCUT2D eigenvalue weighted by atomic mass is 35.5. The number of halogens is 1. The average molecular weight is 408 g/mol. The van der Waals surface area contributed by atoms with Gasteiger partial charge in [0.15, 0.2) is 0 Å². The van der Waals surface area contributed by atoms with E-state index in [9.17, 15) is 9.59 Å². The molecule has 0 aromatic heterocycles. The number of hydrogen-bond donors (Lipinski definition) is 2. The van der Waals surface area contributed by atoms with Crippen molar-refractivity contribution in [3.63, 3.8) is 0 Å². The molecule has 0 atom stereocenters. The number of carbonyl (C=O) groups is 2. The van der Waals surface area contributed by atoms with E-state index in [0.717, 1.165) is 21.9 Å². The maximum Gasteiger partial charge on any atom is 0.240 e. The van der Waals surface area contributed by atoms with Crippen molar-refractivity contribution < 1.29 is 9.59 Å². The summed E-state index contributed by atoms with van der Waals surface area (Å²) in [7, 11) is 0. The van der Waals surface area contributed by atoms with Crippen LogP contribution >= 0.6 is 11.6 Å². The second-order valence-electron chi connectivity index (χ2n) is 6.75. The minimum absolute atomic E-state index is 0.0416. The summed E-state index contributed by atoms with van der Waals surface area (Å²) in [5.74, 6) is -0.566. The molecule has 0 radical (unpaired) electrons. The zero-order valence-corrected chi connectivity index (χ0v) is 17.1. The second kappa shape index (κ2) is 9.34. The largest absolute Gasteiger partial charge is 0.326 e. The predicted octanol–water partition coefficient (Wildman–Crippen LogP) is 5.06. The standard InChI is InChI=1S/C23H22ClN3O2/c1-15-20(24)8-5-9-21(15)25-22(28)12-13-23(29)27-26-16(2)18-11-10-17-6-3-4-7-19(17)14-18/h3-11,14H,12-13H2,1-2H3,(H,25,28)(H,27,29)/b26-16+. The molecule has 0 aliphatic rings. The van der Waals surface area contributed by atoms with Crippen molar-refractivity contribution in [1.82, 2.24) is 5.43 Å². The van der Waals surface area contributed by atoms with Crippen LogP contribution < -0.4 is 10.7 Å². The summed E-state index contributed by atoms with van der Waals surface area (Å²) in [6.07, 6.45) is 0.0995. The van der Waals surface area contributed by atoms with Crippen molar-refractivity contribution in [1.29, 1.82) is 0 Å². The lowest BCUT2D eigenvalue weighted by atomic mass is 10.0. The van der Waals surface area contributed by atoms with E-state index in [2.05, 4.69) is 15.8 Å². The van der Waals surface area contributed by atoms with Gasteiger partial charge in [-0.25, -0.2) is 5.43 Å². The van der Waals surface area contributed by atoms with Crippen LogP contribution in [0.25, 0.3) is 10.8 Å². The summed E-state index contributed by atoms with van der Waals surface area (Å²) in [5, 5.41) is 9.77. The first-order chi connectivity index (χ1) is 13.9. The summed E-state index contributed by atoms with van der Waals surface area (Å²) in [5.41, 5.74) is 5.58. The van der Waals surface area contributed by atoms with Crippen LogP contribution in [0.3, 0.4) is 0 Å². The molecule has 2 amide bonds.